The molecule has 2 saturated heterocycles. The van der Waals surface area contributed by atoms with Gasteiger partial charge in [-0.15, -0.1) is 0 Å². The second-order valence-corrected chi connectivity index (χ2v) is 7.48. The van der Waals surface area contributed by atoms with Gasteiger partial charge in [-0.25, -0.2) is 4.39 Å². The van der Waals surface area contributed by atoms with Gasteiger partial charge in [-0.1, -0.05) is 0 Å². The van der Waals surface area contributed by atoms with Crippen molar-refractivity contribution in [2.75, 3.05) is 31.1 Å². The molecular formula is C20H23FN4O3. The Bertz CT molecular complexity index is 882. The molecule has 3 heterocycles. The van der Waals surface area contributed by atoms with Crippen molar-refractivity contribution in [1.82, 2.24) is 14.7 Å². The first-order valence-corrected chi connectivity index (χ1v) is 9.44. The molecule has 2 amide bonds. The zero-order valence-electron chi connectivity index (χ0n) is 15.8. The number of hydrogen-bond donors (Lipinski definition) is 0. The standard InChI is InChI=1S/C20H23FN4O3/c1-23-12-15(11-22-23)19(27)24-9-2-7-20(8-10-24)14-25(18(26)13-28-20)17-5-3-16(21)4-6-17/h3-6,11-12H,2,7-10,13-14H2,1H3. The number of benzene rings is 1. The molecule has 1 atom stereocenters. The maximum atomic E-state index is 13.2. The molecule has 7 nitrogen and oxygen atoms in total. The molecule has 2 aliphatic rings. The van der Waals surface area contributed by atoms with E-state index in [0.717, 1.165) is 12.8 Å². The zero-order valence-corrected chi connectivity index (χ0v) is 15.8. The summed E-state index contributed by atoms with van der Waals surface area (Å²) in [6.45, 7) is 1.60. The number of halogens is 1. The van der Waals surface area contributed by atoms with Crippen LogP contribution >= 0.6 is 0 Å². The van der Waals surface area contributed by atoms with Gasteiger partial charge in [0.05, 0.1) is 23.9 Å². The monoisotopic (exact) mass is 386 g/mol. The molecule has 4 rings (SSSR count). The molecule has 148 valence electrons. The van der Waals surface area contributed by atoms with E-state index in [-0.39, 0.29) is 24.2 Å². The van der Waals surface area contributed by atoms with Gasteiger partial charge < -0.3 is 14.5 Å². The van der Waals surface area contributed by atoms with Crippen LogP contribution in [0.3, 0.4) is 0 Å². The zero-order chi connectivity index (χ0) is 19.7. The average molecular weight is 386 g/mol. The first kappa shape index (κ1) is 18.6. The number of aryl methyl sites for hydroxylation is 1. The molecule has 2 aliphatic heterocycles. The van der Waals surface area contributed by atoms with E-state index < -0.39 is 5.60 Å². The van der Waals surface area contributed by atoms with Crippen molar-refractivity contribution in [2.45, 2.75) is 24.9 Å². The molecule has 1 spiro atoms. The molecule has 0 saturated carbocycles. The highest BCUT2D eigenvalue weighted by molar-refractivity contribution is 5.95. The van der Waals surface area contributed by atoms with Crippen LogP contribution in [0, 0.1) is 5.82 Å². The molecule has 1 unspecified atom stereocenters. The molecule has 0 radical (unpaired) electrons. The van der Waals surface area contributed by atoms with E-state index in [1.807, 2.05) is 4.90 Å². The van der Waals surface area contributed by atoms with E-state index in [4.69, 9.17) is 4.74 Å². The molecule has 0 N–H and O–H groups in total. The van der Waals surface area contributed by atoms with Crippen molar-refractivity contribution in [3.63, 3.8) is 0 Å². The molecule has 0 aliphatic carbocycles. The van der Waals surface area contributed by atoms with Crippen molar-refractivity contribution in [3.05, 3.63) is 48.0 Å². The second kappa shape index (κ2) is 7.35. The molecule has 2 fully saturated rings. The minimum Gasteiger partial charge on any atom is -0.363 e. The summed E-state index contributed by atoms with van der Waals surface area (Å²) in [4.78, 5) is 28.6. The second-order valence-electron chi connectivity index (χ2n) is 7.48. The van der Waals surface area contributed by atoms with Crippen LogP contribution in [0.4, 0.5) is 10.1 Å². The summed E-state index contributed by atoms with van der Waals surface area (Å²) >= 11 is 0. The Kier molecular flexibility index (Phi) is 4.89. The lowest BCUT2D eigenvalue weighted by atomic mass is 9.92. The maximum absolute atomic E-state index is 13.2. The lowest BCUT2D eigenvalue weighted by molar-refractivity contribution is -0.140. The first-order chi connectivity index (χ1) is 13.5. The number of morpholine rings is 1. The minimum absolute atomic E-state index is 0.00602. The Hall–Kier alpha value is -2.74. The van der Waals surface area contributed by atoms with Crippen LogP contribution < -0.4 is 4.90 Å². The number of nitrogens with zero attached hydrogens (tertiary/aromatic N) is 4. The smallest absolute Gasteiger partial charge is 0.257 e. The number of hydrogen-bond acceptors (Lipinski definition) is 4. The number of likely N-dealkylation sites (tertiary alicyclic amines) is 1. The third-order valence-corrected chi connectivity index (χ3v) is 5.52. The van der Waals surface area contributed by atoms with E-state index in [1.165, 1.54) is 12.1 Å². The van der Waals surface area contributed by atoms with Crippen LogP contribution in [-0.4, -0.2) is 58.3 Å². The van der Waals surface area contributed by atoms with E-state index in [9.17, 15) is 14.0 Å². The number of carbonyl (C=O) groups is 2. The number of aromatic nitrogens is 2. The molecule has 28 heavy (non-hydrogen) atoms. The van der Waals surface area contributed by atoms with Crippen LogP contribution in [0.2, 0.25) is 0 Å². The van der Waals surface area contributed by atoms with Crippen LogP contribution in [0.1, 0.15) is 29.6 Å². The Labute approximate surface area is 162 Å². The number of carbonyl (C=O) groups excluding carboxylic acids is 2. The van der Waals surface area contributed by atoms with Crippen molar-refractivity contribution in [2.24, 2.45) is 7.05 Å². The van der Waals surface area contributed by atoms with Crippen LogP contribution in [0.5, 0.6) is 0 Å². The highest BCUT2D eigenvalue weighted by atomic mass is 19.1. The van der Waals surface area contributed by atoms with Crippen molar-refractivity contribution >= 4 is 17.5 Å². The van der Waals surface area contributed by atoms with E-state index >= 15 is 0 Å². The van der Waals surface area contributed by atoms with Gasteiger partial charge in [0.1, 0.15) is 12.4 Å². The summed E-state index contributed by atoms with van der Waals surface area (Å²) in [5.41, 5.74) is 0.749. The molecular weight excluding hydrogens is 363 g/mol. The normalized spacial score (nSPS) is 23.1. The van der Waals surface area contributed by atoms with Gasteiger partial charge in [-0.2, -0.15) is 5.10 Å². The predicted octanol–water partition coefficient (Wildman–Crippen LogP) is 1.99. The molecule has 1 aromatic heterocycles. The Morgan fingerprint density at radius 2 is 2.00 bits per heavy atom. The highest BCUT2D eigenvalue weighted by Crippen LogP contribution is 2.33. The lowest BCUT2D eigenvalue weighted by Crippen LogP contribution is -2.55. The third kappa shape index (κ3) is 3.64. The summed E-state index contributed by atoms with van der Waals surface area (Å²) in [6, 6.07) is 5.93. The fourth-order valence-electron chi connectivity index (χ4n) is 3.96. The SMILES string of the molecule is Cn1cc(C(=O)N2CCCC3(CC2)CN(c2ccc(F)cc2)C(=O)CO3)cn1. The quantitative estimate of drug-likeness (QED) is 0.792. The van der Waals surface area contributed by atoms with Crippen molar-refractivity contribution in [3.8, 4) is 0 Å². The molecule has 1 aromatic carbocycles. The highest BCUT2D eigenvalue weighted by Gasteiger charge is 2.42. The molecule has 0 bridgehead atoms. The molecule has 2 aromatic rings. The third-order valence-electron chi connectivity index (χ3n) is 5.52. The molecule has 8 heteroatoms. The van der Waals surface area contributed by atoms with Crippen molar-refractivity contribution in [1.29, 1.82) is 0 Å². The Balaban J connectivity index is 1.48. The van der Waals surface area contributed by atoms with E-state index in [2.05, 4.69) is 5.10 Å². The van der Waals surface area contributed by atoms with Gasteiger partial charge in [0.2, 0.25) is 0 Å². The number of ether oxygens (including phenoxy) is 1. The van der Waals surface area contributed by atoms with E-state index in [0.29, 0.717) is 37.3 Å². The maximum Gasteiger partial charge on any atom is 0.257 e. The van der Waals surface area contributed by atoms with Gasteiger partial charge in [-0.3, -0.25) is 14.3 Å². The van der Waals surface area contributed by atoms with Crippen LogP contribution in [0.15, 0.2) is 36.7 Å². The van der Waals surface area contributed by atoms with E-state index in [1.54, 1.807) is 41.2 Å². The van der Waals surface area contributed by atoms with Gasteiger partial charge in [0, 0.05) is 32.0 Å². The summed E-state index contributed by atoms with van der Waals surface area (Å²) in [6.07, 6.45) is 5.49. The van der Waals surface area contributed by atoms with Crippen LogP contribution in [-0.2, 0) is 16.6 Å². The predicted molar refractivity (Wildman–Crippen MR) is 100 cm³/mol. The number of amides is 2. The lowest BCUT2D eigenvalue weighted by Gasteiger charge is -2.42. The summed E-state index contributed by atoms with van der Waals surface area (Å²) in [5.74, 6) is -0.504. The van der Waals surface area contributed by atoms with Gasteiger partial charge in [-0.05, 0) is 43.5 Å². The fourth-order valence-corrected chi connectivity index (χ4v) is 3.96. The summed E-state index contributed by atoms with van der Waals surface area (Å²) in [7, 11) is 1.78. The number of anilines is 1. The number of rotatable bonds is 2. The van der Waals surface area contributed by atoms with Crippen molar-refractivity contribution < 1.29 is 18.7 Å². The Morgan fingerprint density at radius 3 is 2.71 bits per heavy atom. The topological polar surface area (TPSA) is 67.7 Å². The summed E-state index contributed by atoms with van der Waals surface area (Å²) in [5, 5.41) is 4.07. The van der Waals surface area contributed by atoms with Gasteiger partial charge >= 0.3 is 0 Å². The van der Waals surface area contributed by atoms with Gasteiger partial charge in [0.15, 0.2) is 0 Å². The minimum atomic E-state index is -0.494. The summed E-state index contributed by atoms with van der Waals surface area (Å²) < 4.78 is 20.8. The largest absolute Gasteiger partial charge is 0.363 e. The fraction of sp³-hybridized carbons (Fsp3) is 0.450. The Morgan fingerprint density at radius 1 is 1.21 bits per heavy atom. The first-order valence-electron chi connectivity index (χ1n) is 9.44. The average Bonchev–Trinajstić information content (AvgIpc) is 3.02. The van der Waals surface area contributed by atoms with Crippen LogP contribution in [0.25, 0.3) is 0 Å². The van der Waals surface area contributed by atoms with Gasteiger partial charge in [0.25, 0.3) is 11.8 Å².